The summed E-state index contributed by atoms with van der Waals surface area (Å²) in [5.41, 5.74) is 1.62. The van der Waals surface area contributed by atoms with Gasteiger partial charge in [0, 0.05) is 5.92 Å². The van der Waals surface area contributed by atoms with Gasteiger partial charge in [0.2, 0.25) is 8.32 Å². The van der Waals surface area contributed by atoms with Gasteiger partial charge in [0.15, 0.2) is 8.32 Å². The SMILES string of the molecule is CC1=C(O[Si](C)(C)C)[C@@H]2C[C@@](C)(O[Si](C)(C)C(C)(C)C)[C@@H]3CC[C@H]1[C@@H]32. The Hall–Kier alpha value is -0.0662. The zero-order valence-corrected chi connectivity index (χ0v) is 20.2. The van der Waals surface area contributed by atoms with Crippen LogP contribution in [0, 0.1) is 23.7 Å². The molecule has 0 aliphatic heterocycles. The molecule has 5 atom stereocenters. The number of allylic oxidation sites excluding steroid dienone is 2. The molecule has 0 spiro atoms. The summed E-state index contributed by atoms with van der Waals surface area (Å²) in [6.45, 7) is 23.7. The van der Waals surface area contributed by atoms with Crippen molar-refractivity contribution < 1.29 is 8.85 Å². The molecule has 0 radical (unpaired) electrons. The zero-order chi connectivity index (χ0) is 19.0. The molecule has 3 aliphatic carbocycles. The van der Waals surface area contributed by atoms with E-state index in [0.29, 0.717) is 11.8 Å². The Morgan fingerprint density at radius 1 is 1.00 bits per heavy atom. The van der Waals surface area contributed by atoms with E-state index >= 15 is 0 Å². The zero-order valence-electron chi connectivity index (χ0n) is 18.2. The molecule has 0 aromatic heterocycles. The molecule has 0 amide bonds. The summed E-state index contributed by atoms with van der Waals surface area (Å²) < 4.78 is 13.7. The van der Waals surface area contributed by atoms with Gasteiger partial charge in [0.1, 0.15) is 0 Å². The molecule has 0 aromatic carbocycles. The quantitative estimate of drug-likeness (QED) is 0.514. The first-order valence-corrected chi connectivity index (χ1v) is 16.6. The van der Waals surface area contributed by atoms with Crippen molar-refractivity contribution in [2.45, 2.75) is 97.3 Å². The molecule has 2 saturated carbocycles. The van der Waals surface area contributed by atoms with Gasteiger partial charge >= 0.3 is 0 Å². The summed E-state index contributed by atoms with van der Waals surface area (Å²) in [4.78, 5) is 0. The van der Waals surface area contributed by atoms with E-state index in [1.807, 2.05) is 0 Å². The van der Waals surface area contributed by atoms with Crippen LogP contribution in [0.1, 0.15) is 53.9 Å². The van der Waals surface area contributed by atoms with Gasteiger partial charge in [-0.05, 0) is 94.2 Å². The number of hydrogen-bond acceptors (Lipinski definition) is 2. The van der Waals surface area contributed by atoms with Crippen molar-refractivity contribution in [1.82, 2.24) is 0 Å². The van der Waals surface area contributed by atoms with Gasteiger partial charge in [0.05, 0.1) is 11.4 Å². The molecule has 144 valence electrons. The minimum Gasteiger partial charge on any atom is -0.547 e. The van der Waals surface area contributed by atoms with Crippen LogP contribution >= 0.6 is 0 Å². The summed E-state index contributed by atoms with van der Waals surface area (Å²) >= 11 is 0. The molecular formula is C21H40O2Si2. The topological polar surface area (TPSA) is 18.5 Å². The van der Waals surface area contributed by atoms with E-state index in [9.17, 15) is 0 Å². The first-order valence-electron chi connectivity index (χ1n) is 10.3. The molecule has 3 aliphatic rings. The lowest BCUT2D eigenvalue weighted by atomic mass is 9.86. The second kappa shape index (κ2) is 5.71. The lowest BCUT2D eigenvalue weighted by molar-refractivity contribution is 0.0268. The van der Waals surface area contributed by atoms with E-state index in [1.165, 1.54) is 25.0 Å². The third-order valence-corrected chi connectivity index (χ3v) is 13.0. The van der Waals surface area contributed by atoms with Gasteiger partial charge in [-0.15, -0.1) is 0 Å². The van der Waals surface area contributed by atoms with Gasteiger partial charge in [-0.3, -0.25) is 0 Å². The predicted molar refractivity (Wildman–Crippen MR) is 112 cm³/mol. The first-order chi connectivity index (χ1) is 11.2. The van der Waals surface area contributed by atoms with Crippen LogP contribution in [0.5, 0.6) is 0 Å². The summed E-state index contributed by atoms with van der Waals surface area (Å²) in [6, 6.07) is 0. The van der Waals surface area contributed by atoms with Crippen LogP contribution in [0.3, 0.4) is 0 Å². The molecule has 3 rings (SSSR count). The predicted octanol–water partition coefficient (Wildman–Crippen LogP) is 6.57. The van der Waals surface area contributed by atoms with Crippen molar-refractivity contribution in [1.29, 1.82) is 0 Å². The third kappa shape index (κ3) is 3.21. The number of rotatable bonds is 4. The summed E-state index contributed by atoms with van der Waals surface area (Å²) in [5.74, 6) is 4.24. The van der Waals surface area contributed by atoms with Gasteiger partial charge in [0.25, 0.3) is 0 Å². The largest absolute Gasteiger partial charge is 0.547 e. The van der Waals surface area contributed by atoms with Gasteiger partial charge in [-0.1, -0.05) is 20.8 Å². The van der Waals surface area contributed by atoms with Crippen LogP contribution in [-0.4, -0.2) is 22.2 Å². The highest BCUT2D eigenvalue weighted by Crippen LogP contribution is 2.65. The molecule has 2 fully saturated rings. The van der Waals surface area contributed by atoms with Crippen LogP contribution in [0.4, 0.5) is 0 Å². The second-order valence-electron chi connectivity index (χ2n) is 11.6. The molecule has 2 nitrogen and oxygen atoms in total. The highest BCUT2D eigenvalue weighted by molar-refractivity contribution is 6.74. The molecule has 25 heavy (non-hydrogen) atoms. The third-order valence-electron chi connectivity index (χ3n) is 7.58. The van der Waals surface area contributed by atoms with E-state index in [-0.39, 0.29) is 10.6 Å². The van der Waals surface area contributed by atoms with E-state index in [2.05, 4.69) is 67.4 Å². The maximum atomic E-state index is 7.10. The summed E-state index contributed by atoms with van der Waals surface area (Å²) in [6.07, 6.45) is 3.85. The Kier molecular flexibility index (Phi) is 4.50. The van der Waals surface area contributed by atoms with E-state index in [1.54, 1.807) is 5.57 Å². The average Bonchev–Trinajstić information content (AvgIpc) is 2.99. The molecular weight excluding hydrogens is 340 g/mol. The summed E-state index contributed by atoms with van der Waals surface area (Å²) in [7, 11) is -3.33. The Morgan fingerprint density at radius 3 is 2.12 bits per heavy atom. The van der Waals surface area contributed by atoms with Crippen LogP contribution in [0.15, 0.2) is 11.3 Å². The van der Waals surface area contributed by atoms with E-state index in [0.717, 1.165) is 11.8 Å². The van der Waals surface area contributed by atoms with Crippen molar-refractivity contribution in [3.05, 3.63) is 11.3 Å². The lowest BCUT2D eigenvalue weighted by Crippen LogP contribution is -2.50. The molecule has 0 bridgehead atoms. The van der Waals surface area contributed by atoms with Crippen molar-refractivity contribution in [3.63, 3.8) is 0 Å². The Labute approximate surface area is 158 Å². The Bertz CT molecular complexity index is 582. The molecule has 0 saturated heterocycles. The fraction of sp³-hybridized carbons (Fsp3) is 0.905. The van der Waals surface area contributed by atoms with Crippen LogP contribution in [-0.2, 0) is 8.85 Å². The minimum absolute atomic E-state index is 0.0435. The second-order valence-corrected chi connectivity index (χ2v) is 20.8. The van der Waals surface area contributed by atoms with Crippen LogP contribution in [0.2, 0.25) is 37.8 Å². The molecule has 0 heterocycles. The minimum atomic E-state index is -1.76. The molecule has 0 N–H and O–H groups in total. The van der Waals surface area contributed by atoms with E-state index in [4.69, 9.17) is 8.85 Å². The highest BCUT2D eigenvalue weighted by Gasteiger charge is 2.63. The van der Waals surface area contributed by atoms with Crippen molar-refractivity contribution in [2.24, 2.45) is 23.7 Å². The smallest absolute Gasteiger partial charge is 0.241 e. The van der Waals surface area contributed by atoms with Gasteiger partial charge < -0.3 is 8.85 Å². The van der Waals surface area contributed by atoms with Crippen molar-refractivity contribution in [3.8, 4) is 0 Å². The van der Waals surface area contributed by atoms with Crippen LogP contribution in [0.25, 0.3) is 0 Å². The average molecular weight is 381 g/mol. The van der Waals surface area contributed by atoms with Gasteiger partial charge in [-0.2, -0.15) is 0 Å². The molecule has 0 unspecified atom stereocenters. The monoisotopic (exact) mass is 380 g/mol. The van der Waals surface area contributed by atoms with Crippen molar-refractivity contribution in [2.75, 3.05) is 0 Å². The number of hydrogen-bond donors (Lipinski definition) is 0. The van der Waals surface area contributed by atoms with Gasteiger partial charge in [-0.25, -0.2) is 0 Å². The molecule has 4 heteroatoms. The standard InChI is InChI=1S/C21H40O2Si2/c1-14-15-11-12-17-18(15)16(19(14)22-24(6,7)8)13-21(17,5)23-25(9,10)20(2,3)4/h15-18H,11-13H2,1-10H3/t15-,16-,17-,18-,21-/m1/s1. The molecule has 0 aromatic rings. The lowest BCUT2D eigenvalue weighted by Gasteiger charge is -2.45. The fourth-order valence-corrected chi connectivity index (χ4v) is 8.29. The highest BCUT2D eigenvalue weighted by atomic mass is 28.4. The Morgan fingerprint density at radius 2 is 1.60 bits per heavy atom. The first kappa shape index (κ1) is 19.7. The van der Waals surface area contributed by atoms with Crippen molar-refractivity contribution >= 4 is 16.6 Å². The Balaban J connectivity index is 1.90. The van der Waals surface area contributed by atoms with E-state index < -0.39 is 16.6 Å². The maximum absolute atomic E-state index is 7.10. The summed E-state index contributed by atoms with van der Waals surface area (Å²) in [5, 5.41) is 0.273. The van der Waals surface area contributed by atoms with Crippen LogP contribution < -0.4 is 0 Å². The maximum Gasteiger partial charge on any atom is 0.241 e. The fourth-order valence-electron chi connectivity index (χ4n) is 5.61. The normalized spacial score (nSPS) is 38.5.